The largest absolute Gasteiger partial charge is 0.394 e. The van der Waals surface area contributed by atoms with Gasteiger partial charge in [0.1, 0.15) is 6.29 Å². The summed E-state index contributed by atoms with van der Waals surface area (Å²) in [5.74, 6) is 0. The van der Waals surface area contributed by atoms with Crippen LogP contribution >= 0.6 is 0 Å². The monoisotopic (exact) mass is 360 g/mol. The van der Waals surface area contributed by atoms with Crippen LogP contribution in [0.4, 0.5) is 0 Å². The maximum absolute atomic E-state index is 10.3. The summed E-state index contributed by atoms with van der Waals surface area (Å²) in [5.41, 5.74) is 5.48. The summed E-state index contributed by atoms with van der Waals surface area (Å²) in [4.78, 5) is 10.3. The molecule has 1 atom stereocenters. The SMILES string of the molecule is CC(O)CO.CC1=C(/C=C/C(C)=C/C=C/C(C)=C/C=O)C(C)(C)CCC1. The van der Waals surface area contributed by atoms with Gasteiger partial charge in [0.25, 0.3) is 0 Å². The third kappa shape index (κ3) is 10.3. The highest BCUT2D eigenvalue weighted by atomic mass is 16.3. The Morgan fingerprint density at radius 3 is 2.27 bits per heavy atom. The Bertz CT molecular complexity index is 585. The molecule has 0 aromatic rings. The van der Waals surface area contributed by atoms with Gasteiger partial charge in [-0.25, -0.2) is 0 Å². The summed E-state index contributed by atoms with van der Waals surface area (Å²) < 4.78 is 0. The molecule has 0 amide bonds. The van der Waals surface area contributed by atoms with Gasteiger partial charge in [-0.05, 0) is 69.6 Å². The van der Waals surface area contributed by atoms with Crippen LogP contribution in [0.3, 0.4) is 0 Å². The molecule has 0 aromatic heterocycles. The van der Waals surface area contributed by atoms with Crippen LogP contribution in [0.25, 0.3) is 0 Å². The lowest BCUT2D eigenvalue weighted by atomic mass is 9.72. The third-order valence-corrected chi connectivity index (χ3v) is 4.37. The molecule has 0 spiro atoms. The fourth-order valence-electron chi connectivity index (χ4n) is 2.80. The Kier molecular flexibility index (Phi) is 11.8. The first-order chi connectivity index (χ1) is 12.1. The molecule has 1 aliphatic rings. The van der Waals surface area contributed by atoms with Crippen LogP contribution in [-0.2, 0) is 4.79 Å². The number of aldehydes is 1. The van der Waals surface area contributed by atoms with Crippen molar-refractivity contribution in [3.8, 4) is 0 Å². The molecule has 146 valence electrons. The van der Waals surface area contributed by atoms with Crippen molar-refractivity contribution in [3.63, 3.8) is 0 Å². The van der Waals surface area contributed by atoms with E-state index in [1.165, 1.54) is 42.9 Å². The van der Waals surface area contributed by atoms with Crippen molar-refractivity contribution in [1.82, 2.24) is 0 Å². The Labute approximate surface area is 159 Å². The van der Waals surface area contributed by atoms with Crippen molar-refractivity contribution in [2.45, 2.75) is 66.9 Å². The van der Waals surface area contributed by atoms with Gasteiger partial charge in [-0.2, -0.15) is 0 Å². The number of rotatable bonds is 6. The van der Waals surface area contributed by atoms with Gasteiger partial charge in [-0.3, -0.25) is 4.79 Å². The summed E-state index contributed by atoms with van der Waals surface area (Å²) in [6.45, 7) is 12.3. The fourth-order valence-corrected chi connectivity index (χ4v) is 2.80. The van der Waals surface area contributed by atoms with Crippen LogP contribution in [0.15, 0.2) is 58.7 Å². The van der Waals surface area contributed by atoms with Gasteiger partial charge < -0.3 is 10.2 Å². The molecule has 3 nitrogen and oxygen atoms in total. The first-order valence-electron chi connectivity index (χ1n) is 9.28. The van der Waals surface area contributed by atoms with E-state index in [0.29, 0.717) is 0 Å². The van der Waals surface area contributed by atoms with E-state index in [4.69, 9.17) is 10.2 Å². The fraction of sp³-hybridized carbons (Fsp3) is 0.522. The summed E-state index contributed by atoms with van der Waals surface area (Å²) in [6.07, 6.45) is 16.1. The zero-order valence-corrected chi connectivity index (χ0v) is 17.2. The molecule has 1 rings (SSSR count). The highest BCUT2D eigenvalue weighted by Gasteiger charge is 2.26. The average molecular weight is 361 g/mol. The minimum absolute atomic E-state index is 0.139. The normalized spacial score (nSPS) is 19.5. The molecule has 0 aliphatic heterocycles. The van der Waals surface area contributed by atoms with Crippen LogP contribution < -0.4 is 0 Å². The lowest BCUT2D eigenvalue weighted by Crippen LogP contribution is -2.19. The number of allylic oxidation sites excluding steroid dienone is 10. The van der Waals surface area contributed by atoms with Crippen LogP contribution in [0.1, 0.15) is 60.8 Å². The zero-order chi connectivity index (χ0) is 20.2. The van der Waals surface area contributed by atoms with Gasteiger partial charge in [-0.15, -0.1) is 0 Å². The van der Waals surface area contributed by atoms with E-state index in [0.717, 1.165) is 11.9 Å². The van der Waals surface area contributed by atoms with Crippen molar-refractivity contribution < 1.29 is 15.0 Å². The third-order valence-electron chi connectivity index (χ3n) is 4.37. The van der Waals surface area contributed by atoms with Crippen molar-refractivity contribution in [2.75, 3.05) is 6.61 Å². The lowest BCUT2D eigenvalue weighted by Gasteiger charge is -2.32. The van der Waals surface area contributed by atoms with Gasteiger partial charge in [0.15, 0.2) is 0 Å². The van der Waals surface area contributed by atoms with E-state index >= 15 is 0 Å². The van der Waals surface area contributed by atoms with Crippen molar-refractivity contribution in [2.24, 2.45) is 5.41 Å². The van der Waals surface area contributed by atoms with E-state index in [2.05, 4.69) is 45.9 Å². The quantitative estimate of drug-likeness (QED) is 0.395. The average Bonchev–Trinajstić information content (AvgIpc) is 2.54. The van der Waals surface area contributed by atoms with E-state index < -0.39 is 6.10 Å². The van der Waals surface area contributed by atoms with Gasteiger partial charge >= 0.3 is 0 Å². The molecule has 1 unspecified atom stereocenters. The predicted octanol–water partition coefficient (Wildman–Crippen LogP) is 5.08. The minimum atomic E-state index is -0.560. The molecule has 0 aromatic carbocycles. The first-order valence-corrected chi connectivity index (χ1v) is 9.28. The summed E-state index contributed by atoms with van der Waals surface area (Å²) in [7, 11) is 0. The van der Waals surface area contributed by atoms with E-state index in [9.17, 15) is 4.79 Å². The lowest BCUT2D eigenvalue weighted by molar-refractivity contribution is -0.104. The van der Waals surface area contributed by atoms with Crippen molar-refractivity contribution in [3.05, 3.63) is 58.7 Å². The summed E-state index contributed by atoms with van der Waals surface area (Å²) in [6, 6.07) is 0. The van der Waals surface area contributed by atoms with Crippen LogP contribution in [0, 0.1) is 5.41 Å². The van der Waals surface area contributed by atoms with Crippen molar-refractivity contribution in [1.29, 1.82) is 0 Å². The molecule has 0 saturated heterocycles. The molecule has 0 radical (unpaired) electrons. The second-order valence-electron chi connectivity index (χ2n) is 7.61. The maximum Gasteiger partial charge on any atom is 0.143 e. The number of carbonyl (C=O) groups excluding carboxylic acids is 1. The molecule has 0 saturated carbocycles. The van der Waals surface area contributed by atoms with Gasteiger partial charge in [0.2, 0.25) is 0 Å². The first kappa shape index (κ1) is 24.3. The molecule has 3 heteroatoms. The number of hydrogen-bond donors (Lipinski definition) is 2. The molecule has 0 bridgehead atoms. The summed E-state index contributed by atoms with van der Waals surface area (Å²) in [5, 5.41) is 16.0. The Morgan fingerprint density at radius 2 is 1.77 bits per heavy atom. The zero-order valence-electron chi connectivity index (χ0n) is 17.2. The van der Waals surface area contributed by atoms with Crippen LogP contribution in [-0.4, -0.2) is 29.2 Å². The molecular weight excluding hydrogens is 324 g/mol. The van der Waals surface area contributed by atoms with Gasteiger partial charge in [0.05, 0.1) is 12.7 Å². The van der Waals surface area contributed by atoms with Gasteiger partial charge in [0, 0.05) is 0 Å². The predicted molar refractivity (Wildman–Crippen MR) is 111 cm³/mol. The molecule has 26 heavy (non-hydrogen) atoms. The Balaban J connectivity index is 0.00000110. The van der Waals surface area contributed by atoms with Crippen molar-refractivity contribution >= 4 is 6.29 Å². The molecular formula is C23H36O3. The Morgan fingerprint density at radius 1 is 1.19 bits per heavy atom. The van der Waals surface area contributed by atoms with Gasteiger partial charge in [-0.1, -0.05) is 55.4 Å². The Hall–Kier alpha value is -1.71. The summed E-state index contributed by atoms with van der Waals surface area (Å²) >= 11 is 0. The second kappa shape index (κ2) is 12.6. The number of aliphatic hydroxyl groups excluding tert-OH is 2. The van der Waals surface area contributed by atoms with Crippen LogP contribution in [0.5, 0.6) is 0 Å². The van der Waals surface area contributed by atoms with E-state index in [1.807, 2.05) is 19.1 Å². The highest BCUT2D eigenvalue weighted by molar-refractivity contribution is 5.66. The maximum atomic E-state index is 10.3. The molecule has 2 N–H and O–H groups in total. The smallest absolute Gasteiger partial charge is 0.143 e. The van der Waals surface area contributed by atoms with E-state index in [-0.39, 0.29) is 12.0 Å². The van der Waals surface area contributed by atoms with Crippen LogP contribution in [0.2, 0.25) is 0 Å². The highest BCUT2D eigenvalue weighted by Crippen LogP contribution is 2.40. The number of aliphatic hydroxyl groups is 2. The topological polar surface area (TPSA) is 57.5 Å². The molecule has 0 fully saturated rings. The second-order valence-corrected chi connectivity index (χ2v) is 7.61. The van der Waals surface area contributed by atoms with E-state index in [1.54, 1.807) is 6.08 Å². The number of carbonyl (C=O) groups is 1. The number of hydrogen-bond acceptors (Lipinski definition) is 3. The molecule has 0 heterocycles. The minimum Gasteiger partial charge on any atom is -0.394 e. The standard InChI is InChI=1S/C20H28O.C3H8O2/c1-16(8-6-9-17(2)13-15-21)11-12-19-18(3)10-7-14-20(19,4)5;1-3(5)2-4/h6,8-9,11-13,15H,7,10,14H2,1-5H3;3-5H,2H2,1H3/b9-6+,12-11+,16-8+,17-13+;. The molecule has 1 aliphatic carbocycles.